The lowest BCUT2D eigenvalue weighted by Gasteiger charge is -2.12. The molecule has 0 saturated heterocycles. The molecule has 10 heteroatoms. The standard InChI is InChI=1S/C28H26N2O8/c1-5-35-25(31)19-15-11-9-13-18-24-22(28(34)38-8-4)20(26(32)36-6-2)16-12-10-14-17(30(16)24)23(29(15)18)21(19)27(33)37-7-3/h9-14H,5-8H2,1-4H3. The summed E-state index contributed by atoms with van der Waals surface area (Å²) in [7, 11) is 0. The summed E-state index contributed by atoms with van der Waals surface area (Å²) >= 11 is 0. The van der Waals surface area contributed by atoms with Gasteiger partial charge < -0.3 is 27.7 Å². The van der Waals surface area contributed by atoms with Crippen LogP contribution in [-0.4, -0.2) is 59.1 Å². The molecule has 0 bridgehead atoms. The summed E-state index contributed by atoms with van der Waals surface area (Å²) in [6.45, 7) is 7.13. The minimum atomic E-state index is -0.691. The first kappa shape index (κ1) is 25.1. The number of nitrogens with zero attached hydrogens (tertiary/aromatic N) is 2. The Hall–Kier alpha value is -4.60. The summed E-state index contributed by atoms with van der Waals surface area (Å²) in [6.07, 6.45) is 0. The SMILES string of the molecule is CCOC(=O)c1c(C(=O)OCC)c2c3cccc4c(C(=O)OCC)c(C(=O)OCC)c(c5cccc1n52)n43. The Morgan fingerprint density at radius 2 is 0.789 bits per heavy atom. The Bertz CT molecular complexity index is 1610. The van der Waals surface area contributed by atoms with Gasteiger partial charge in [0.1, 0.15) is 22.3 Å². The number of rotatable bonds is 8. The molecule has 0 unspecified atom stereocenters. The molecule has 0 spiro atoms. The maximum atomic E-state index is 13.3. The van der Waals surface area contributed by atoms with E-state index in [1.807, 2.05) is 0 Å². The molecule has 38 heavy (non-hydrogen) atoms. The number of fused-ring (bicyclic) bond motifs is 2. The second-order valence-corrected chi connectivity index (χ2v) is 8.34. The fourth-order valence-electron chi connectivity index (χ4n) is 5.09. The largest absolute Gasteiger partial charge is 0.462 e. The quantitative estimate of drug-likeness (QED) is 0.166. The molecule has 0 aliphatic heterocycles. The number of hydrogen-bond donors (Lipinski definition) is 0. The summed E-state index contributed by atoms with van der Waals surface area (Å²) in [6, 6.07) is 10.3. The van der Waals surface area contributed by atoms with E-state index in [9.17, 15) is 19.2 Å². The first-order valence-corrected chi connectivity index (χ1v) is 12.4. The van der Waals surface area contributed by atoms with E-state index >= 15 is 0 Å². The number of hydrogen-bond acceptors (Lipinski definition) is 8. The molecule has 10 nitrogen and oxygen atoms in total. The normalized spacial score (nSPS) is 11.5. The third-order valence-electron chi connectivity index (χ3n) is 6.32. The highest BCUT2D eigenvalue weighted by atomic mass is 16.5. The van der Waals surface area contributed by atoms with Gasteiger partial charge >= 0.3 is 23.9 Å². The van der Waals surface area contributed by atoms with E-state index in [-0.39, 0.29) is 48.7 Å². The van der Waals surface area contributed by atoms with Gasteiger partial charge in [-0.3, -0.25) is 0 Å². The zero-order valence-corrected chi connectivity index (χ0v) is 21.5. The molecule has 0 saturated carbocycles. The van der Waals surface area contributed by atoms with Gasteiger partial charge in [0.2, 0.25) is 0 Å². The minimum Gasteiger partial charge on any atom is -0.462 e. The van der Waals surface area contributed by atoms with Crippen molar-refractivity contribution in [1.82, 2.24) is 8.80 Å². The molecule has 0 radical (unpaired) electrons. The van der Waals surface area contributed by atoms with E-state index in [0.717, 1.165) is 0 Å². The predicted octanol–water partition coefficient (Wildman–Crippen LogP) is 4.64. The van der Waals surface area contributed by atoms with Crippen LogP contribution >= 0.6 is 0 Å². The number of ether oxygens (including phenoxy) is 4. The van der Waals surface area contributed by atoms with Crippen LogP contribution in [0.1, 0.15) is 69.1 Å². The molecule has 5 aromatic heterocycles. The van der Waals surface area contributed by atoms with Crippen molar-refractivity contribution in [3.8, 4) is 0 Å². The molecular weight excluding hydrogens is 492 g/mol. The Kier molecular flexibility index (Phi) is 6.40. The van der Waals surface area contributed by atoms with Gasteiger partial charge in [0.05, 0.1) is 59.5 Å². The monoisotopic (exact) mass is 518 g/mol. The predicted molar refractivity (Wildman–Crippen MR) is 138 cm³/mol. The molecule has 0 atom stereocenters. The van der Waals surface area contributed by atoms with Crippen molar-refractivity contribution >= 4 is 57.0 Å². The van der Waals surface area contributed by atoms with E-state index < -0.39 is 23.9 Å². The van der Waals surface area contributed by atoms with Crippen LogP contribution in [0.4, 0.5) is 0 Å². The first-order chi connectivity index (χ1) is 18.4. The Balaban J connectivity index is 2.08. The molecule has 0 aliphatic rings. The zero-order valence-electron chi connectivity index (χ0n) is 21.5. The molecular formula is C28H26N2O8. The molecule has 0 amide bonds. The lowest BCUT2D eigenvalue weighted by Crippen LogP contribution is -2.12. The van der Waals surface area contributed by atoms with Crippen molar-refractivity contribution in [3.63, 3.8) is 0 Å². The lowest BCUT2D eigenvalue weighted by atomic mass is 10.1. The van der Waals surface area contributed by atoms with Gasteiger partial charge in [-0.05, 0) is 52.0 Å². The fourth-order valence-corrected chi connectivity index (χ4v) is 5.09. The van der Waals surface area contributed by atoms with Crippen molar-refractivity contribution < 1.29 is 38.1 Å². The van der Waals surface area contributed by atoms with Crippen LogP contribution in [-0.2, 0) is 18.9 Å². The number of aromatic nitrogens is 2. The van der Waals surface area contributed by atoms with Crippen molar-refractivity contribution in [2.75, 3.05) is 26.4 Å². The summed E-state index contributed by atoms with van der Waals surface area (Å²) in [5.74, 6) is -2.73. The van der Waals surface area contributed by atoms with E-state index in [4.69, 9.17) is 18.9 Å². The molecule has 5 heterocycles. The highest BCUT2D eigenvalue weighted by Gasteiger charge is 2.35. The number of pyridine rings is 2. The summed E-state index contributed by atoms with van der Waals surface area (Å²) in [4.78, 5) is 53.1. The molecule has 0 N–H and O–H groups in total. The molecule has 0 fully saturated rings. The van der Waals surface area contributed by atoms with Crippen LogP contribution in [0.25, 0.3) is 33.1 Å². The third-order valence-corrected chi connectivity index (χ3v) is 6.32. The highest BCUT2D eigenvalue weighted by molar-refractivity contribution is 6.22. The number of carbonyl (C=O) groups excluding carboxylic acids is 4. The summed E-state index contributed by atoms with van der Waals surface area (Å²) in [5, 5.41) is 0. The molecule has 5 rings (SSSR count). The second kappa shape index (κ2) is 9.70. The van der Waals surface area contributed by atoms with Crippen molar-refractivity contribution in [3.05, 3.63) is 58.7 Å². The topological polar surface area (TPSA) is 114 Å². The fraction of sp³-hybridized carbons (Fsp3) is 0.286. The van der Waals surface area contributed by atoms with Crippen LogP contribution in [0.2, 0.25) is 0 Å². The molecule has 5 aromatic rings. The lowest BCUT2D eigenvalue weighted by molar-refractivity contribution is 0.0483. The Morgan fingerprint density at radius 3 is 1.11 bits per heavy atom. The van der Waals surface area contributed by atoms with Gasteiger partial charge in [-0.2, -0.15) is 0 Å². The van der Waals surface area contributed by atoms with Crippen LogP contribution in [0.3, 0.4) is 0 Å². The maximum Gasteiger partial charge on any atom is 0.341 e. The van der Waals surface area contributed by atoms with Gasteiger partial charge in [-0.25, -0.2) is 19.2 Å². The van der Waals surface area contributed by atoms with E-state index in [0.29, 0.717) is 33.1 Å². The van der Waals surface area contributed by atoms with Gasteiger partial charge in [0.15, 0.2) is 0 Å². The van der Waals surface area contributed by atoms with Gasteiger partial charge in [0.25, 0.3) is 0 Å². The maximum absolute atomic E-state index is 13.3. The van der Waals surface area contributed by atoms with Crippen LogP contribution < -0.4 is 0 Å². The van der Waals surface area contributed by atoms with Crippen molar-refractivity contribution in [2.24, 2.45) is 0 Å². The van der Waals surface area contributed by atoms with E-state index in [2.05, 4.69) is 0 Å². The van der Waals surface area contributed by atoms with E-state index in [1.165, 1.54) is 0 Å². The van der Waals surface area contributed by atoms with Gasteiger partial charge in [-0.1, -0.05) is 12.1 Å². The molecule has 0 aromatic carbocycles. The van der Waals surface area contributed by atoms with Crippen LogP contribution in [0, 0.1) is 0 Å². The highest BCUT2D eigenvalue weighted by Crippen LogP contribution is 2.39. The second-order valence-electron chi connectivity index (χ2n) is 8.34. The first-order valence-electron chi connectivity index (χ1n) is 12.4. The Labute approximate surface area is 216 Å². The summed E-state index contributed by atoms with van der Waals surface area (Å²) < 4.78 is 24.8. The number of esters is 4. The number of carbonyl (C=O) groups is 4. The van der Waals surface area contributed by atoms with Gasteiger partial charge in [0, 0.05) is 0 Å². The molecule has 0 aliphatic carbocycles. The van der Waals surface area contributed by atoms with Crippen LogP contribution in [0.15, 0.2) is 36.4 Å². The van der Waals surface area contributed by atoms with Crippen LogP contribution in [0.5, 0.6) is 0 Å². The van der Waals surface area contributed by atoms with Crippen molar-refractivity contribution in [2.45, 2.75) is 27.7 Å². The van der Waals surface area contributed by atoms with E-state index in [1.54, 1.807) is 72.9 Å². The molecule has 196 valence electrons. The average molecular weight is 519 g/mol. The third kappa shape index (κ3) is 3.47. The Morgan fingerprint density at radius 1 is 0.500 bits per heavy atom. The summed E-state index contributed by atoms with van der Waals surface area (Å²) in [5.41, 5.74) is 2.73. The smallest absolute Gasteiger partial charge is 0.341 e. The average Bonchev–Trinajstić information content (AvgIpc) is 3.43. The van der Waals surface area contributed by atoms with Crippen molar-refractivity contribution in [1.29, 1.82) is 0 Å². The van der Waals surface area contributed by atoms with Gasteiger partial charge in [-0.15, -0.1) is 0 Å². The zero-order chi connectivity index (χ0) is 27.1. The minimum absolute atomic E-state index is 0.0416.